The van der Waals surface area contributed by atoms with Crippen LogP contribution in [0.2, 0.25) is 0 Å². The third-order valence-corrected chi connectivity index (χ3v) is 4.34. The minimum Gasteiger partial charge on any atom is -0.256 e. The van der Waals surface area contributed by atoms with Gasteiger partial charge in [-0.3, -0.25) is 4.98 Å². The van der Waals surface area contributed by atoms with Crippen molar-refractivity contribution in [3.8, 4) is 22.3 Å². The number of benzene rings is 3. The molecule has 4 heteroatoms. The van der Waals surface area contributed by atoms with E-state index in [0.29, 0.717) is 10.9 Å². The zero-order valence-electron chi connectivity index (χ0n) is 13.7. The molecule has 4 aromatic rings. The second kappa shape index (κ2) is 6.30. The average molecular weight is 349 g/mol. The smallest absolute Gasteiger partial charge is 0.256 e. The number of hydrogen-bond donors (Lipinski definition) is 0. The highest BCUT2D eigenvalue weighted by Crippen LogP contribution is 2.39. The molecule has 0 radical (unpaired) electrons. The number of fused-ring (bicyclic) bond motifs is 1. The quantitative estimate of drug-likeness (QED) is 0.398. The molecular formula is C22H14F3N. The van der Waals surface area contributed by atoms with Gasteiger partial charge in [0, 0.05) is 22.7 Å². The third-order valence-electron chi connectivity index (χ3n) is 4.34. The second-order valence-corrected chi connectivity index (χ2v) is 6.01. The highest BCUT2D eigenvalue weighted by atomic mass is 19.4. The van der Waals surface area contributed by atoms with Gasteiger partial charge in [0.2, 0.25) is 0 Å². The molecule has 0 amide bonds. The van der Waals surface area contributed by atoms with Gasteiger partial charge in [0.25, 0.3) is 0 Å². The number of halogens is 3. The standard InChI is InChI=1S/C22H14F3N/c23-22(24,25)17-11-12-20-18(13-17)21(16-9-5-2-6-10-16)19(14-26-20)15-7-3-1-4-8-15/h1-14H. The maximum Gasteiger partial charge on any atom is 0.416 e. The van der Waals surface area contributed by atoms with Crippen LogP contribution in [0.1, 0.15) is 5.56 Å². The fourth-order valence-corrected chi connectivity index (χ4v) is 3.12. The van der Waals surface area contributed by atoms with Gasteiger partial charge in [0.15, 0.2) is 0 Å². The van der Waals surface area contributed by atoms with Crippen LogP contribution in [-0.2, 0) is 6.18 Å². The molecule has 0 saturated heterocycles. The molecule has 0 aliphatic heterocycles. The van der Waals surface area contributed by atoms with Gasteiger partial charge in [0.05, 0.1) is 11.1 Å². The van der Waals surface area contributed by atoms with E-state index in [1.165, 1.54) is 12.1 Å². The summed E-state index contributed by atoms with van der Waals surface area (Å²) in [4.78, 5) is 4.40. The third kappa shape index (κ3) is 2.94. The van der Waals surface area contributed by atoms with Crippen LogP contribution < -0.4 is 0 Å². The Kier molecular flexibility index (Phi) is 3.96. The Morgan fingerprint density at radius 3 is 1.92 bits per heavy atom. The first kappa shape index (κ1) is 16.3. The number of alkyl halides is 3. The summed E-state index contributed by atoms with van der Waals surface area (Å²) in [6.07, 6.45) is -2.67. The molecule has 1 aromatic heterocycles. The van der Waals surface area contributed by atoms with Gasteiger partial charge in [-0.15, -0.1) is 0 Å². The van der Waals surface area contributed by atoms with Crippen molar-refractivity contribution in [1.29, 1.82) is 0 Å². The monoisotopic (exact) mass is 349 g/mol. The van der Waals surface area contributed by atoms with Crippen molar-refractivity contribution in [2.45, 2.75) is 6.18 Å². The highest BCUT2D eigenvalue weighted by Gasteiger charge is 2.31. The molecular weight excluding hydrogens is 335 g/mol. The van der Waals surface area contributed by atoms with Crippen LogP contribution in [0.15, 0.2) is 85.1 Å². The summed E-state index contributed by atoms with van der Waals surface area (Å²) in [7, 11) is 0. The lowest BCUT2D eigenvalue weighted by molar-refractivity contribution is -0.137. The molecule has 3 aromatic carbocycles. The Balaban J connectivity index is 2.09. The first-order valence-electron chi connectivity index (χ1n) is 8.15. The molecule has 0 aliphatic carbocycles. The van der Waals surface area contributed by atoms with Crippen molar-refractivity contribution in [3.63, 3.8) is 0 Å². The fourth-order valence-electron chi connectivity index (χ4n) is 3.12. The van der Waals surface area contributed by atoms with Gasteiger partial charge < -0.3 is 0 Å². The molecule has 0 fully saturated rings. The van der Waals surface area contributed by atoms with E-state index in [2.05, 4.69) is 4.98 Å². The fraction of sp³-hybridized carbons (Fsp3) is 0.0455. The molecule has 0 bridgehead atoms. The van der Waals surface area contributed by atoms with Crippen molar-refractivity contribution in [2.24, 2.45) is 0 Å². The van der Waals surface area contributed by atoms with Crippen molar-refractivity contribution >= 4 is 10.9 Å². The summed E-state index contributed by atoms with van der Waals surface area (Å²) in [5, 5.41) is 0.493. The van der Waals surface area contributed by atoms with Crippen LogP contribution in [-0.4, -0.2) is 4.98 Å². The van der Waals surface area contributed by atoms with Crippen LogP contribution in [0.3, 0.4) is 0 Å². The number of hydrogen-bond acceptors (Lipinski definition) is 1. The molecule has 0 spiro atoms. The zero-order chi connectivity index (χ0) is 18.1. The summed E-state index contributed by atoms with van der Waals surface area (Å²) in [5.41, 5.74) is 3.21. The van der Waals surface area contributed by atoms with E-state index < -0.39 is 11.7 Å². The Morgan fingerprint density at radius 2 is 1.31 bits per heavy atom. The van der Waals surface area contributed by atoms with E-state index in [-0.39, 0.29) is 0 Å². The lowest BCUT2D eigenvalue weighted by Gasteiger charge is -2.15. The lowest BCUT2D eigenvalue weighted by Crippen LogP contribution is -2.04. The SMILES string of the molecule is FC(F)(F)c1ccc2ncc(-c3ccccc3)c(-c3ccccc3)c2c1. The van der Waals surface area contributed by atoms with Gasteiger partial charge in [-0.25, -0.2) is 0 Å². The van der Waals surface area contributed by atoms with Gasteiger partial charge in [-0.05, 0) is 29.3 Å². The first-order valence-corrected chi connectivity index (χ1v) is 8.15. The van der Waals surface area contributed by atoms with E-state index in [9.17, 15) is 13.2 Å². The van der Waals surface area contributed by atoms with Gasteiger partial charge in [-0.2, -0.15) is 13.2 Å². The maximum atomic E-state index is 13.3. The highest BCUT2D eigenvalue weighted by molar-refractivity contribution is 6.02. The first-order chi connectivity index (χ1) is 12.5. The topological polar surface area (TPSA) is 12.9 Å². The van der Waals surface area contributed by atoms with E-state index >= 15 is 0 Å². The molecule has 0 unspecified atom stereocenters. The molecule has 0 atom stereocenters. The number of nitrogens with zero attached hydrogens (tertiary/aromatic N) is 1. The van der Waals surface area contributed by atoms with Crippen LogP contribution in [0.25, 0.3) is 33.2 Å². The molecule has 1 heterocycles. The van der Waals surface area contributed by atoms with Crippen LogP contribution in [0.5, 0.6) is 0 Å². The Morgan fingerprint density at radius 1 is 0.692 bits per heavy atom. The normalized spacial score (nSPS) is 11.7. The summed E-state index contributed by atoms with van der Waals surface area (Å²) in [5.74, 6) is 0. The largest absolute Gasteiger partial charge is 0.416 e. The van der Waals surface area contributed by atoms with Crippen LogP contribution in [0, 0.1) is 0 Å². The summed E-state index contributed by atoms with van der Waals surface area (Å²) in [6, 6.07) is 22.7. The van der Waals surface area contributed by atoms with E-state index in [1.54, 1.807) is 6.20 Å². The predicted octanol–water partition coefficient (Wildman–Crippen LogP) is 6.59. The lowest BCUT2D eigenvalue weighted by atomic mass is 9.92. The molecule has 0 N–H and O–H groups in total. The van der Waals surface area contributed by atoms with Crippen molar-refractivity contribution in [2.75, 3.05) is 0 Å². The number of pyridine rings is 1. The predicted molar refractivity (Wildman–Crippen MR) is 97.6 cm³/mol. The summed E-state index contributed by atoms with van der Waals surface area (Å²) in [6.45, 7) is 0. The Labute approximate surface area is 148 Å². The minimum atomic E-state index is -4.40. The van der Waals surface area contributed by atoms with Crippen molar-refractivity contribution in [3.05, 3.63) is 90.6 Å². The Hall–Kier alpha value is -3.14. The van der Waals surface area contributed by atoms with Crippen LogP contribution >= 0.6 is 0 Å². The average Bonchev–Trinajstić information content (AvgIpc) is 2.67. The van der Waals surface area contributed by atoms with E-state index in [1.807, 2.05) is 60.7 Å². The van der Waals surface area contributed by atoms with Gasteiger partial charge >= 0.3 is 6.18 Å². The van der Waals surface area contributed by atoms with E-state index in [0.717, 1.165) is 28.3 Å². The van der Waals surface area contributed by atoms with Crippen molar-refractivity contribution in [1.82, 2.24) is 4.98 Å². The molecule has 0 saturated carbocycles. The van der Waals surface area contributed by atoms with Gasteiger partial charge in [0.1, 0.15) is 0 Å². The number of aromatic nitrogens is 1. The summed E-state index contributed by atoms with van der Waals surface area (Å²) >= 11 is 0. The molecule has 128 valence electrons. The Bertz CT molecular complexity index is 1060. The number of rotatable bonds is 2. The molecule has 0 aliphatic rings. The van der Waals surface area contributed by atoms with Crippen molar-refractivity contribution < 1.29 is 13.2 Å². The van der Waals surface area contributed by atoms with Crippen LogP contribution in [0.4, 0.5) is 13.2 Å². The van der Waals surface area contributed by atoms with Gasteiger partial charge in [-0.1, -0.05) is 60.7 Å². The molecule has 4 rings (SSSR count). The second-order valence-electron chi connectivity index (χ2n) is 6.01. The zero-order valence-corrected chi connectivity index (χ0v) is 13.7. The summed E-state index contributed by atoms with van der Waals surface area (Å²) < 4.78 is 39.8. The maximum absolute atomic E-state index is 13.3. The minimum absolute atomic E-state index is 0.493. The molecule has 1 nitrogen and oxygen atoms in total. The van der Waals surface area contributed by atoms with E-state index in [4.69, 9.17) is 0 Å². The molecule has 26 heavy (non-hydrogen) atoms.